The fourth-order valence-electron chi connectivity index (χ4n) is 2.62. The topological polar surface area (TPSA) is 52.6 Å². The van der Waals surface area contributed by atoms with Gasteiger partial charge < -0.3 is 9.47 Å². The zero-order chi connectivity index (χ0) is 14.9. The molecule has 2 rings (SSSR count). The third kappa shape index (κ3) is 2.85. The summed E-state index contributed by atoms with van der Waals surface area (Å²) in [6.07, 6.45) is 6.07. The normalized spacial score (nSPS) is 35.0. The predicted octanol–water partition coefficient (Wildman–Crippen LogP) is 2.43. The highest BCUT2D eigenvalue weighted by Crippen LogP contribution is 2.34. The highest BCUT2D eigenvalue weighted by molar-refractivity contribution is 5.93. The third-order valence-electron chi connectivity index (χ3n) is 4.27. The molecule has 0 saturated heterocycles. The number of carbonyl (C=O) groups is 2. The Morgan fingerprint density at radius 3 is 2.70 bits per heavy atom. The molecule has 20 heavy (non-hydrogen) atoms. The van der Waals surface area contributed by atoms with Gasteiger partial charge in [0, 0.05) is 24.0 Å². The molecule has 2 bridgehead atoms. The van der Waals surface area contributed by atoms with E-state index in [0.717, 1.165) is 0 Å². The SMILES string of the molecule is CO[C@@H]1CCC2=C[C@H](OC2=O)C(C)(C)/C=C/C(=O)[C@@H]1C. The standard InChI is InChI=1S/C16H22O4/c1-10-12(17)7-8-16(2,3)14-9-11(15(18)20-14)5-6-13(10)19-4/h7-10,13-14H,5-6H2,1-4H3/b8-7+/t10-,13+,14-/m0/s1. The van der Waals surface area contributed by atoms with Crippen LogP contribution in [0.5, 0.6) is 0 Å². The fourth-order valence-corrected chi connectivity index (χ4v) is 2.62. The van der Waals surface area contributed by atoms with Crippen LogP contribution in [0.3, 0.4) is 0 Å². The molecule has 0 saturated carbocycles. The average molecular weight is 278 g/mol. The second kappa shape index (κ2) is 5.52. The summed E-state index contributed by atoms with van der Waals surface area (Å²) in [5, 5.41) is 0. The van der Waals surface area contributed by atoms with E-state index < -0.39 is 0 Å². The zero-order valence-electron chi connectivity index (χ0n) is 12.5. The Balaban J connectivity index is 2.34. The highest BCUT2D eigenvalue weighted by atomic mass is 16.5. The van der Waals surface area contributed by atoms with Crippen LogP contribution in [0.15, 0.2) is 23.8 Å². The molecule has 0 amide bonds. The molecule has 1 aliphatic heterocycles. The number of ketones is 1. The molecular weight excluding hydrogens is 256 g/mol. The van der Waals surface area contributed by atoms with Gasteiger partial charge >= 0.3 is 5.97 Å². The molecule has 4 nitrogen and oxygen atoms in total. The minimum atomic E-state index is -0.389. The largest absolute Gasteiger partial charge is 0.454 e. The summed E-state index contributed by atoms with van der Waals surface area (Å²) in [6.45, 7) is 5.80. The Bertz CT molecular complexity index is 473. The number of esters is 1. The van der Waals surface area contributed by atoms with Gasteiger partial charge in [-0.3, -0.25) is 4.79 Å². The van der Waals surface area contributed by atoms with Crippen LogP contribution < -0.4 is 0 Å². The number of hydrogen-bond acceptors (Lipinski definition) is 4. The second-order valence-corrected chi connectivity index (χ2v) is 6.18. The van der Waals surface area contributed by atoms with Gasteiger partial charge in [-0.15, -0.1) is 0 Å². The lowest BCUT2D eigenvalue weighted by atomic mass is 9.85. The molecule has 1 heterocycles. The van der Waals surface area contributed by atoms with Crippen molar-refractivity contribution in [2.45, 2.75) is 45.8 Å². The Morgan fingerprint density at radius 1 is 1.35 bits per heavy atom. The van der Waals surface area contributed by atoms with Gasteiger partial charge in [0.05, 0.1) is 6.10 Å². The summed E-state index contributed by atoms with van der Waals surface area (Å²) < 4.78 is 10.8. The smallest absolute Gasteiger partial charge is 0.334 e. The van der Waals surface area contributed by atoms with E-state index in [1.54, 1.807) is 13.2 Å². The highest BCUT2D eigenvalue weighted by Gasteiger charge is 2.37. The number of carbonyl (C=O) groups excluding carboxylic acids is 2. The number of ether oxygens (including phenoxy) is 2. The summed E-state index contributed by atoms with van der Waals surface area (Å²) in [7, 11) is 1.60. The molecule has 2 aliphatic rings. The van der Waals surface area contributed by atoms with Crippen molar-refractivity contribution in [3.63, 3.8) is 0 Å². The quantitative estimate of drug-likeness (QED) is 0.691. The van der Waals surface area contributed by atoms with Gasteiger partial charge in [0.2, 0.25) is 0 Å². The molecule has 0 aromatic carbocycles. The Kier molecular flexibility index (Phi) is 4.14. The minimum absolute atomic E-state index is 0.0547. The van der Waals surface area contributed by atoms with Crippen LogP contribution in [0, 0.1) is 11.3 Å². The number of rotatable bonds is 1. The molecule has 110 valence electrons. The average Bonchev–Trinajstić information content (AvgIpc) is 2.77. The number of allylic oxidation sites excluding steroid dienone is 1. The number of fused-ring (bicyclic) bond motifs is 1. The number of methoxy groups -OCH3 is 1. The molecule has 0 aromatic heterocycles. The maximum Gasteiger partial charge on any atom is 0.334 e. The lowest BCUT2D eigenvalue weighted by molar-refractivity contribution is -0.142. The van der Waals surface area contributed by atoms with Gasteiger partial charge in [0.15, 0.2) is 5.78 Å². The van der Waals surface area contributed by atoms with Gasteiger partial charge in [-0.25, -0.2) is 4.79 Å². The molecule has 0 N–H and O–H groups in total. The van der Waals surface area contributed by atoms with E-state index in [2.05, 4.69) is 0 Å². The maximum atomic E-state index is 12.2. The van der Waals surface area contributed by atoms with E-state index in [4.69, 9.17) is 9.47 Å². The monoisotopic (exact) mass is 278 g/mol. The Labute approximate surface area is 119 Å². The van der Waals surface area contributed by atoms with Crippen LogP contribution in [0.25, 0.3) is 0 Å². The van der Waals surface area contributed by atoms with Crippen LogP contribution in [0.2, 0.25) is 0 Å². The molecule has 0 radical (unpaired) electrons. The molecular formula is C16H22O4. The van der Waals surface area contributed by atoms with Crippen LogP contribution in [-0.4, -0.2) is 31.1 Å². The van der Waals surface area contributed by atoms with Gasteiger partial charge in [0.25, 0.3) is 0 Å². The molecule has 0 fully saturated rings. The van der Waals surface area contributed by atoms with E-state index in [9.17, 15) is 9.59 Å². The fraction of sp³-hybridized carbons (Fsp3) is 0.625. The van der Waals surface area contributed by atoms with Crippen molar-refractivity contribution in [2.24, 2.45) is 11.3 Å². The van der Waals surface area contributed by atoms with Crippen LogP contribution in [-0.2, 0) is 19.1 Å². The van der Waals surface area contributed by atoms with Gasteiger partial charge in [0.1, 0.15) is 6.10 Å². The van der Waals surface area contributed by atoms with E-state index >= 15 is 0 Å². The van der Waals surface area contributed by atoms with Crippen molar-refractivity contribution in [1.82, 2.24) is 0 Å². The first-order valence-corrected chi connectivity index (χ1v) is 7.02. The van der Waals surface area contributed by atoms with Gasteiger partial charge in [-0.05, 0) is 25.0 Å². The van der Waals surface area contributed by atoms with E-state index in [-0.39, 0.29) is 35.3 Å². The van der Waals surface area contributed by atoms with E-state index in [1.165, 1.54) is 0 Å². The summed E-state index contributed by atoms with van der Waals surface area (Å²) in [4.78, 5) is 24.1. The first-order valence-electron chi connectivity index (χ1n) is 7.02. The lowest BCUT2D eigenvalue weighted by Gasteiger charge is -2.26. The molecule has 0 unspecified atom stereocenters. The van der Waals surface area contributed by atoms with Crippen molar-refractivity contribution in [1.29, 1.82) is 0 Å². The van der Waals surface area contributed by atoms with Crippen LogP contribution in [0.4, 0.5) is 0 Å². The minimum Gasteiger partial charge on any atom is -0.454 e. The Hall–Kier alpha value is -1.42. The molecule has 1 aliphatic carbocycles. The summed E-state index contributed by atoms with van der Waals surface area (Å²) >= 11 is 0. The van der Waals surface area contributed by atoms with Crippen molar-refractivity contribution >= 4 is 11.8 Å². The van der Waals surface area contributed by atoms with Crippen LogP contribution in [0.1, 0.15) is 33.6 Å². The van der Waals surface area contributed by atoms with Gasteiger partial charge in [-0.1, -0.05) is 26.8 Å². The van der Waals surface area contributed by atoms with E-state index in [1.807, 2.05) is 32.9 Å². The predicted molar refractivity (Wildman–Crippen MR) is 75.1 cm³/mol. The second-order valence-electron chi connectivity index (χ2n) is 6.18. The molecule has 0 spiro atoms. The molecule has 4 heteroatoms. The van der Waals surface area contributed by atoms with Crippen molar-refractivity contribution < 1.29 is 19.1 Å². The summed E-state index contributed by atoms with van der Waals surface area (Å²) in [6, 6.07) is 0. The first kappa shape index (κ1) is 15.0. The molecule has 3 atom stereocenters. The zero-order valence-corrected chi connectivity index (χ0v) is 12.5. The van der Waals surface area contributed by atoms with E-state index in [0.29, 0.717) is 18.4 Å². The van der Waals surface area contributed by atoms with Crippen molar-refractivity contribution in [3.05, 3.63) is 23.8 Å². The lowest BCUT2D eigenvalue weighted by Crippen LogP contribution is -2.29. The third-order valence-corrected chi connectivity index (χ3v) is 4.27. The number of hydrogen-bond donors (Lipinski definition) is 0. The van der Waals surface area contributed by atoms with Crippen molar-refractivity contribution in [2.75, 3.05) is 7.11 Å². The maximum absolute atomic E-state index is 12.2. The van der Waals surface area contributed by atoms with Gasteiger partial charge in [-0.2, -0.15) is 0 Å². The Morgan fingerprint density at radius 2 is 2.05 bits per heavy atom. The first-order chi connectivity index (χ1) is 9.35. The molecule has 0 aromatic rings. The summed E-state index contributed by atoms with van der Waals surface area (Å²) in [5.74, 6) is -0.398. The van der Waals surface area contributed by atoms with Crippen LogP contribution >= 0.6 is 0 Å². The summed E-state index contributed by atoms with van der Waals surface area (Å²) in [5.41, 5.74) is 0.305. The van der Waals surface area contributed by atoms with Crippen molar-refractivity contribution in [3.8, 4) is 0 Å².